The van der Waals surface area contributed by atoms with Crippen molar-refractivity contribution in [3.05, 3.63) is 28.7 Å². The van der Waals surface area contributed by atoms with E-state index >= 15 is 0 Å². The molecule has 5 heteroatoms. The topological polar surface area (TPSA) is 57.5 Å². The number of hydrogen-bond donors (Lipinski definition) is 2. The van der Waals surface area contributed by atoms with Crippen LogP contribution >= 0.6 is 15.9 Å². The van der Waals surface area contributed by atoms with E-state index in [1.54, 1.807) is 12.1 Å². The molecule has 1 rings (SSSR count). The van der Waals surface area contributed by atoms with Crippen LogP contribution in [0.4, 0.5) is 0 Å². The SMILES string of the molecule is O=[As](O)(O)c1ccc(Br)cc1. The molecular weight excluding hydrogens is 275 g/mol. The molecule has 0 saturated carbocycles. The van der Waals surface area contributed by atoms with Crippen LogP contribution in [0.1, 0.15) is 0 Å². The van der Waals surface area contributed by atoms with Crippen LogP contribution in [0.25, 0.3) is 0 Å². The Hall–Kier alpha value is -0.0216. The van der Waals surface area contributed by atoms with Crippen molar-refractivity contribution in [2.24, 2.45) is 0 Å². The molecule has 3 nitrogen and oxygen atoms in total. The molecule has 0 bridgehead atoms. The Labute approximate surface area is 75.2 Å². The second kappa shape index (κ2) is 3.15. The van der Waals surface area contributed by atoms with Gasteiger partial charge in [0.2, 0.25) is 0 Å². The van der Waals surface area contributed by atoms with Crippen LogP contribution in [0.2, 0.25) is 0 Å². The molecule has 0 aliphatic carbocycles. The molecule has 0 aliphatic heterocycles. The molecule has 11 heavy (non-hydrogen) atoms. The third-order valence-electron chi connectivity index (χ3n) is 1.16. The Morgan fingerprint density at radius 2 is 1.64 bits per heavy atom. The van der Waals surface area contributed by atoms with Gasteiger partial charge in [0.15, 0.2) is 0 Å². The quantitative estimate of drug-likeness (QED) is 0.713. The molecule has 0 fully saturated rings. The van der Waals surface area contributed by atoms with Gasteiger partial charge in [0.1, 0.15) is 0 Å². The van der Waals surface area contributed by atoms with E-state index in [-0.39, 0.29) is 4.35 Å². The normalized spacial score (nSPS) is 11.5. The average Bonchev–Trinajstić information content (AvgIpc) is 1.86. The standard InChI is InChI=1S/C6H6AsBrO3/c8-6-3-1-5(2-4-6)7(9,10)11/h1-4H,(H2,9,10,11). The van der Waals surface area contributed by atoms with Crippen molar-refractivity contribution in [3.63, 3.8) is 0 Å². The molecule has 60 valence electrons. The van der Waals surface area contributed by atoms with E-state index < -0.39 is 14.2 Å². The number of hydrogen-bond acceptors (Lipinski definition) is 1. The van der Waals surface area contributed by atoms with Crippen LogP contribution in [0, 0.1) is 0 Å². The van der Waals surface area contributed by atoms with Crippen LogP contribution in [-0.2, 0) is 3.74 Å². The second-order valence-electron chi connectivity index (χ2n) is 2.02. The van der Waals surface area contributed by atoms with Gasteiger partial charge in [-0.1, -0.05) is 0 Å². The van der Waals surface area contributed by atoms with Gasteiger partial charge in [-0.2, -0.15) is 0 Å². The van der Waals surface area contributed by atoms with Crippen molar-refractivity contribution in [3.8, 4) is 0 Å². The maximum atomic E-state index is 10.7. The third kappa shape index (κ3) is 2.49. The first-order valence-electron chi connectivity index (χ1n) is 2.82. The molecule has 0 saturated heterocycles. The summed E-state index contributed by atoms with van der Waals surface area (Å²) in [6.07, 6.45) is 0. The van der Waals surface area contributed by atoms with E-state index in [0.29, 0.717) is 0 Å². The van der Waals surface area contributed by atoms with Gasteiger partial charge in [-0.3, -0.25) is 0 Å². The molecule has 0 amide bonds. The summed E-state index contributed by atoms with van der Waals surface area (Å²) < 4.78 is 29.1. The first-order valence-corrected chi connectivity index (χ1v) is 6.99. The third-order valence-corrected chi connectivity index (χ3v) is 3.73. The summed E-state index contributed by atoms with van der Waals surface area (Å²) >= 11 is -1.48. The van der Waals surface area contributed by atoms with E-state index in [1.165, 1.54) is 12.1 Å². The molecule has 0 spiro atoms. The molecule has 2 N–H and O–H groups in total. The number of halogens is 1. The predicted octanol–water partition coefficient (Wildman–Crippen LogP) is 0.0101. The zero-order valence-corrected chi connectivity index (χ0v) is 8.90. The average molecular weight is 281 g/mol. The van der Waals surface area contributed by atoms with E-state index in [1.807, 2.05) is 0 Å². The predicted molar refractivity (Wildman–Crippen MR) is 44.7 cm³/mol. The zero-order chi connectivity index (χ0) is 8.48. The minimum absolute atomic E-state index is 0.103. The summed E-state index contributed by atoms with van der Waals surface area (Å²) in [4.78, 5) is 0. The monoisotopic (exact) mass is 280 g/mol. The van der Waals surface area contributed by atoms with Crippen LogP contribution < -0.4 is 4.35 Å². The number of benzene rings is 1. The molecule has 1 aromatic rings. The fourth-order valence-corrected chi connectivity index (χ4v) is 2.03. The van der Waals surface area contributed by atoms with Crippen molar-refractivity contribution < 1.29 is 11.9 Å². The van der Waals surface area contributed by atoms with Gasteiger partial charge in [0.05, 0.1) is 0 Å². The van der Waals surface area contributed by atoms with Gasteiger partial charge in [0.25, 0.3) is 0 Å². The molecule has 0 heterocycles. The fraction of sp³-hybridized carbons (Fsp3) is 0. The van der Waals surface area contributed by atoms with Gasteiger partial charge in [0, 0.05) is 0 Å². The Kier molecular flexibility index (Phi) is 2.60. The van der Waals surface area contributed by atoms with Gasteiger partial charge >= 0.3 is 75.1 Å². The molecule has 0 aromatic heterocycles. The first kappa shape index (κ1) is 9.07. The van der Waals surface area contributed by atoms with Crippen LogP contribution in [0.5, 0.6) is 0 Å². The van der Waals surface area contributed by atoms with Crippen LogP contribution in [-0.4, -0.2) is 22.4 Å². The summed E-state index contributed by atoms with van der Waals surface area (Å²) in [6, 6.07) is 6.06. The molecule has 0 unspecified atom stereocenters. The molecular formula is C6H6AsBrO3. The summed E-state index contributed by atoms with van der Waals surface area (Å²) in [7, 11) is 0. The van der Waals surface area contributed by atoms with E-state index in [9.17, 15) is 3.74 Å². The van der Waals surface area contributed by atoms with Gasteiger partial charge in [-0.15, -0.1) is 0 Å². The molecule has 0 radical (unpaired) electrons. The van der Waals surface area contributed by atoms with Crippen molar-refractivity contribution >= 4 is 34.5 Å². The summed E-state index contributed by atoms with van der Waals surface area (Å²) in [5, 5.41) is 0. The van der Waals surface area contributed by atoms with E-state index in [4.69, 9.17) is 8.19 Å². The van der Waals surface area contributed by atoms with Crippen molar-refractivity contribution in [2.75, 3.05) is 0 Å². The van der Waals surface area contributed by atoms with E-state index in [0.717, 1.165) is 4.47 Å². The molecule has 0 atom stereocenters. The zero-order valence-electron chi connectivity index (χ0n) is 5.44. The maximum absolute atomic E-state index is 10.7. The van der Waals surface area contributed by atoms with Crippen molar-refractivity contribution in [1.82, 2.24) is 0 Å². The molecule has 1 aromatic carbocycles. The van der Waals surface area contributed by atoms with Crippen LogP contribution in [0.3, 0.4) is 0 Å². The fourth-order valence-electron chi connectivity index (χ4n) is 0.635. The van der Waals surface area contributed by atoms with Gasteiger partial charge in [-0.25, -0.2) is 0 Å². The minimum atomic E-state index is -4.65. The second-order valence-corrected chi connectivity index (χ2v) is 6.30. The first-order chi connectivity index (χ1) is 5.00. The Bertz CT molecular complexity index is 289. The van der Waals surface area contributed by atoms with Crippen molar-refractivity contribution in [2.45, 2.75) is 0 Å². The summed E-state index contributed by atoms with van der Waals surface area (Å²) in [6.45, 7) is 0. The van der Waals surface area contributed by atoms with Crippen molar-refractivity contribution in [1.29, 1.82) is 0 Å². The Balaban J connectivity index is 3.09. The summed E-state index contributed by atoms with van der Waals surface area (Å²) in [5.74, 6) is 0. The van der Waals surface area contributed by atoms with Gasteiger partial charge in [-0.05, 0) is 0 Å². The Morgan fingerprint density at radius 1 is 1.18 bits per heavy atom. The summed E-state index contributed by atoms with van der Waals surface area (Å²) in [5.41, 5.74) is 0. The van der Waals surface area contributed by atoms with Crippen LogP contribution in [0.15, 0.2) is 28.7 Å². The Morgan fingerprint density at radius 3 is 2.00 bits per heavy atom. The van der Waals surface area contributed by atoms with Gasteiger partial charge < -0.3 is 0 Å². The molecule has 0 aliphatic rings. The van der Waals surface area contributed by atoms with E-state index in [2.05, 4.69) is 15.9 Å². The number of rotatable bonds is 1.